The molecule has 1 amide bonds. The lowest BCUT2D eigenvalue weighted by Crippen LogP contribution is -2.33. The molecule has 0 spiro atoms. The molecule has 0 bridgehead atoms. The lowest BCUT2D eigenvalue weighted by Gasteiger charge is -2.14. The van der Waals surface area contributed by atoms with Gasteiger partial charge in [0.15, 0.2) is 17.6 Å². The van der Waals surface area contributed by atoms with Gasteiger partial charge in [0.05, 0.1) is 25.5 Å². The molecule has 0 radical (unpaired) electrons. The van der Waals surface area contributed by atoms with Crippen LogP contribution in [0.25, 0.3) is 0 Å². The zero-order valence-electron chi connectivity index (χ0n) is 23.6. The van der Waals surface area contributed by atoms with E-state index in [0.717, 1.165) is 5.56 Å². The van der Waals surface area contributed by atoms with E-state index in [1.165, 1.54) is 6.21 Å². The Hall–Kier alpha value is -5.31. The van der Waals surface area contributed by atoms with Crippen molar-refractivity contribution >= 4 is 18.1 Å². The first-order valence-corrected chi connectivity index (χ1v) is 13.3. The van der Waals surface area contributed by atoms with Crippen LogP contribution in [-0.4, -0.2) is 37.9 Å². The van der Waals surface area contributed by atoms with E-state index in [1.807, 2.05) is 37.3 Å². The molecule has 4 aromatic rings. The standard InChI is InChI=1S/C33H32N2O7/c1-4-39-31-20-25(10-19-30(31)42-33(37)26-11-13-27(38-3)14-12-26)21-34-35-32(36)23(2)41-29-17-15-28(16-18-29)40-22-24-8-6-5-7-9-24/h5-21,23H,4,22H2,1-3H3,(H,35,36)/b34-21-/t23-/m0/s1. The number of benzene rings is 4. The van der Waals surface area contributed by atoms with Crippen LogP contribution in [0.3, 0.4) is 0 Å². The second kappa shape index (κ2) is 14.9. The Balaban J connectivity index is 1.29. The summed E-state index contributed by atoms with van der Waals surface area (Å²) in [6.07, 6.45) is 0.665. The summed E-state index contributed by atoms with van der Waals surface area (Å²) in [4.78, 5) is 25.1. The fraction of sp³-hybridized carbons (Fsp3) is 0.182. The minimum Gasteiger partial charge on any atom is -0.497 e. The third-order valence-corrected chi connectivity index (χ3v) is 5.94. The van der Waals surface area contributed by atoms with Crippen LogP contribution in [0.5, 0.6) is 28.7 Å². The molecule has 9 nitrogen and oxygen atoms in total. The van der Waals surface area contributed by atoms with Gasteiger partial charge in [-0.2, -0.15) is 5.10 Å². The van der Waals surface area contributed by atoms with Gasteiger partial charge in [0, 0.05) is 0 Å². The number of carbonyl (C=O) groups is 2. The van der Waals surface area contributed by atoms with Gasteiger partial charge < -0.3 is 23.7 Å². The van der Waals surface area contributed by atoms with Crippen molar-refractivity contribution in [1.29, 1.82) is 0 Å². The first kappa shape index (κ1) is 29.7. The first-order valence-electron chi connectivity index (χ1n) is 13.3. The summed E-state index contributed by atoms with van der Waals surface area (Å²) < 4.78 is 27.8. The average molecular weight is 569 g/mol. The van der Waals surface area contributed by atoms with Crippen molar-refractivity contribution in [3.05, 3.63) is 114 Å². The number of carbonyl (C=O) groups excluding carboxylic acids is 2. The Labute approximate surface area is 244 Å². The van der Waals surface area contributed by atoms with Crippen LogP contribution in [0.2, 0.25) is 0 Å². The maximum atomic E-state index is 12.6. The molecule has 4 aromatic carbocycles. The van der Waals surface area contributed by atoms with Gasteiger partial charge in [-0.1, -0.05) is 30.3 Å². The number of hydrogen-bond donors (Lipinski definition) is 1. The van der Waals surface area contributed by atoms with Gasteiger partial charge in [-0.05, 0) is 91.7 Å². The van der Waals surface area contributed by atoms with E-state index < -0.39 is 18.0 Å². The Morgan fingerprint density at radius 1 is 0.833 bits per heavy atom. The van der Waals surface area contributed by atoms with Crippen LogP contribution < -0.4 is 29.1 Å². The lowest BCUT2D eigenvalue weighted by molar-refractivity contribution is -0.127. The number of esters is 1. The minimum atomic E-state index is -0.794. The SMILES string of the molecule is CCOc1cc(/C=N\NC(=O)[C@H](C)Oc2ccc(OCc3ccccc3)cc2)ccc1OC(=O)c1ccc(OC)cc1. The molecule has 4 rings (SSSR count). The van der Waals surface area contributed by atoms with Gasteiger partial charge in [0.2, 0.25) is 0 Å². The third kappa shape index (κ3) is 8.59. The topological polar surface area (TPSA) is 105 Å². The summed E-state index contributed by atoms with van der Waals surface area (Å²) in [5.74, 6) is 1.52. The summed E-state index contributed by atoms with van der Waals surface area (Å²) in [6.45, 7) is 4.27. The second-order valence-electron chi connectivity index (χ2n) is 9.00. The predicted octanol–water partition coefficient (Wildman–Crippen LogP) is 5.81. The van der Waals surface area contributed by atoms with Crippen molar-refractivity contribution in [2.24, 2.45) is 5.10 Å². The van der Waals surface area contributed by atoms with E-state index in [4.69, 9.17) is 23.7 Å². The Kier molecular flexibility index (Phi) is 10.5. The molecule has 42 heavy (non-hydrogen) atoms. The summed E-state index contributed by atoms with van der Waals surface area (Å²) >= 11 is 0. The van der Waals surface area contributed by atoms with Crippen molar-refractivity contribution in [3.8, 4) is 28.7 Å². The minimum absolute atomic E-state index is 0.261. The molecule has 9 heteroatoms. The highest BCUT2D eigenvalue weighted by Crippen LogP contribution is 2.29. The fourth-order valence-electron chi connectivity index (χ4n) is 3.72. The highest BCUT2D eigenvalue weighted by Gasteiger charge is 2.15. The molecule has 0 saturated heterocycles. The molecule has 0 aliphatic rings. The van der Waals surface area contributed by atoms with Crippen molar-refractivity contribution in [1.82, 2.24) is 5.43 Å². The smallest absolute Gasteiger partial charge is 0.343 e. The number of rotatable bonds is 13. The molecular weight excluding hydrogens is 536 g/mol. The van der Waals surface area contributed by atoms with E-state index in [1.54, 1.807) is 80.8 Å². The van der Waals surface area contributed by atoms with Crippen LogP contribution in [0.15, 0.2) is 102 Å². The predicted molar refractivity (Wildman–Crippen MR) is 159 cm³/mol. The van der Waals surface area contributed by atoms with Gasteiger partial charge in [0.1, 0.15) is 23.9 Å². The normalized spacial score (nSPS) is 11.4. The van der Waals surface area contributed by atoms with E-state index in [2.05, 4.69) is 10.5 Å². The quantitative estimate of drug-likeness (QED) is 0.0939. The highest BCUT2D eigenvalue weighted by molar-refractivity contribution is 5.92. The molecule has 0 saturated carbocycles. The molecule has 1 atom stereocenters. The zero-order chi connectivity index (χ0) is 29.7. The number of methoxy groups -OCH3 is 1. The molecule has 0 aromatic heterocycles. The summed E-state index contributed by atoms with van der Waals surface area (Å²) in [7, 11) is 1.55. The fourth-order valence-corrected chi connectivity index (χ4v) is 3.72. The zero-order valence-corrected chi connectivity index (χ0v) is 23.6. The second-order valence-corrected chi connectivity index (χ2v) is 9.00. The molecule has 0 unspecified atom stereocenters. The van der Waals surface area contributed by atoms with Crippen molar-refractivity contribution < 1.29 is 33.3 Å². The van der Waals surface area contributed by atoms with E-state index in [-0.39, 0.29) is 5.75 Å². The Bertz CT molecular complexity index is 1490. The molecule has 216 valence electrons. The largest absolute Gasteiger partial charge is 0.497 e. The van der Waals surface area contributed by atoms with Gasteiger partial charge >= 0.3 is 5.97 Å². The average Bonchev–Trinajstić information content (AvgIpc) is 3.02. The van der Waals surface area contributed by atoms with Gasteiger partial charge in [0.25, 0.3) is 5.91 Å². The molecule has 0 heterocycles. The van der Waals surface area contributed by atoms with Crippen molar-refractivity contribution in [2.75, 3.05) is 13.7 Å². The van der Waals surface area contributed by atoms with E-state index in [9.17, 15) is 9.59 Å². The monoisotopic (exact) mass is 568 g/mol. The van der Waals surface area contributed by atoms with Crippen LogP contribution >= 0.6 is 0 Å². The lowest BCUT2D eigenvalue weighted by atomic mass is 10.2. The Morgan fingerprint density at radius 3 is 2.21 bits per heavy atom. The number of ether oxygens (including phenoxy) is 5. The van der Waals surface area contributed by atoms with Crippen molar-refractivity contribution in [3.63, 3.8) is 0 Å². The number of amides is 1. The maximum absolute atomic E-state index is 12.6. The summed E-state index contributed by atoms with van der Waals surface area (Å²) in [6, 6.07) is 28.5. The summed E-state index contributed by atoms with van der Waals surface area (Å²) in [5.41, 5.74) is 4.54. The van der Waals surface area contributed by atoms with Crippen LogP contribution in [-0.2, 0) is 11.4 Å². The molecular formula is C33H32N2O7. The number of hydrogen-bond acceptors (Lipinski definition) is 8. The number of nitrogens with zero attached hydrogens (tertiary/aromatic N) is 1. The van der Waals surface area contributed by atoms with E-state index in [0.29, 0.717) is 47.3 Å². The third-order valence-electron chi connectivity index (χ3n) is 5.94. The molecule has 1 N–H and O–H groups in total. The number of hydrazone groups is 1. The molecule has 0 aliphatic carbocycles. The summed E-state index contributed by atoms with van der Waals surface area (Å²) in [5, 5.41) is 4.03. The van der Waals surface area contributed by atoms with Gasteiger partial charge in [-0.15, -0.1) is 0 Å². The van der Waals surface area contributed by atoms with Gasteiger partial charge in [-0.3, -0.25) is 4.79 Å². The Morgan fingerprint density at radius 2 is 1.52 bits per heavy atom. The van der Waals surface area contributed by atoms with Crippen LogP contribution in [0, 0.1) is 0 Å². The van der Waals surface area contributed by atoms with Crippen LogP contribution in [0.4, 0.5) is 0 Å². The highest BCUT2D eigenvalue weighted by atomic mass is 16.6. The van der Waals surface area contributed by atoms with Gasteiger partial charge in [-0.25, -0.2) is 10.2 Å². The number of nitrogens with one attached hydrogen (secondary N) is 1. The first-order chi connectivity index (χ1) is 20.4. The van der Waals surface area contributed by atoms with Crippen molar-refractivity contribution in [2.45, 2.75) is 26.6 Å². The van der Waals surface area contributed by atoms with Crippen LogP contribution in [0.1, 0.15) is 35.3 Å². The maximum Gasteiger partial charge on any atom is 0.343 e. The van der Waals surface area contributed by atoms with E-state index >= 15 is 0 Å². The molecule has 0 aliphatic heterocycles. The molecule has 0 fully saturated rings.